The summed E-state index contributed by atoms with van der Waals surface area (Å²) in [6.45, 7) is 1.52. The normalized spacial score (nSPS) is 11.9. The van der Waals surface area contributed by atoms with Crippen molar-refractivity contribution in [3.8, 4) is 5.75 Å². The second-order valence-electron chi connectivity index (χ2n) is 3.55. The SMILES string of the molecule is COC(=O)C(C)C(=O)Cc1ccc(O)cc1. The maximum atomic E-state index is 11.6. The first-order valence-electron chi connectivity index (χ1n) is 4.93. The number of ether oxygens (including phenoxy) is 1. The number of carbonyl (C=O) groups excluding carboxylic acids is 2. The topological polar surface area (TPSA) is 63.6 Å². The summed E-state index contributed by atoms with van der Waals surface area (Å²) in [5, 5.41) is 9.07. The van der Waals surface area contributed by atoms with E-state index in [-0.39, 0.29) is 18.0 Å². The lowest BCUT2D eigenvalue weighted by molar-refractivity contribution is -0.148. The molecule has 86 valence electrons. The fraction of sp³-hybridized carbons (Fsp3) is 0.333. The van der Waals surface area contributed by atoms with Crippen LogP contribution < -0.4 is 0 Å². The summed E-state index contributed by atoms with van der Waals surface area (Å²) >= 11 is 0. The average Bonchev–Trinajstić information content (AvgIpc) is 2.30. The molecule has 0 bridgehead atoms. The molecule has 1 aromatic rings. The number of carbonyl (C=O) groups is 2. The highest BCUT2D eigenvalue weighted by Gasteiger charge is 2.21. The van der Waals surface area contributed by atoms with E-state index in [9.17, 15) is 9.59 Å². The molecule has 0 aliphatic heterocycles. The molecule has 1 unspecified atom stereocenters. The molecule has 0 spiro atoms. The number of hydrogen-bond donors (Lipinski definition) is 1. The van der Waals surface area contributed by atoms with Crippen molar-refractivity contribution in [3.63, 3.8) is 0 Å². The lowest BCUT2D eigenvalue weighted by atomic mass is 9.99. The summed E-state index contributed by atoms with van der Waals surface area (Å²) in [6, 6.07) is 6.31. The standard InChI is InChI=1S/C12H14O4/c1-8(12(15)16-2)11(14)7-9-3-5-10(13)6-4-9/h3-6,8,13H,7H2,1-2H3. The predicted octanol–water partition coefficient (Wildman–Crippen LogP) is 1.31. The van der Waals surface area contributed by atoms with Crippen LogP contribution in [-0.2, 0) is 20.7 Å². The molecular weight excluding hydrogens is 208 g/mol. The molecule has 0 aliphatic rings. The first kappa shape index (κ1) is 12.2. The Morgan fingerprint density at radius 3 is 2.38 bits per heavy atom. The zero-order valence-electron chi connectivity index (χ0n) is 9.27. The smallest absolute Gasteiger partial charge is 0.315 e. The third kappa shape index (κ3) is 3.08. The number of Topliss-reactive ketones (excluding diaryl/α,β-unsaturated/α-hetero) is 1. The quantitative estimate of drug-likeness (QED) is 0.616. The zero-order chi connectivity index (χ0) is 12.1. The van der Waals surface area contributed by atoms with Gasteiger partial charge < -0.3 is 9.84 Å². The van der Waals surface area contributed by atoms with Crippen molar-refractivity contribution < 1.29 is 19.4 Å². The van der Waals surface area contributed by atoms with Crippen LogP contribution >= 0.6 is 0 Å². The molecule has 0 heterocycles. The van der Waals surface area contributed by atoms with Gasteiger partial charge in [0.05, 0.1) is 7.11 Å². The van der Waals surface area contributed by atoms with E-state index in [1.807, 2.05) is 0 Å². The number of aromatic hydroxyl groups is 1. The molecule has 4 heteroatoms. The summed E-state index contributed by atoms with van der Waals surface area (Å²) in [4.78, 5) is 22.7. The number of hydrogen-bond acceptors (Lipinski definition) is 4. The van der Waals surface area contributed by atoms with Crippen LogP contribution in [0.25, 0.3) is 0 Å². The second kappa shape index (κ2) is 5.30. The number of benzene rings is 1. The largest absolute Gasteiger partial charge is 0.508 e. The van der Waals surface area contributed by atoms with Gasteiger partial charge in [-0.2, -0.15) is 0 Å². The number of phenols is 1. The Morgan fingerprint density at radius 1 is 1.31 bits per heavy atom. The highest BCUT2D eigenvalue weighted by atomic mass is 16.5. The van der Waals surface area contributed by atoms with Gasteiger partial charge >= 0.3 is 5.97 Å². The number of ketones is 1. The maximum Gasteiger partial charge on any atom is 0.315 e. The van der Waals surface area contributed by atoms with Crippen molar-refractivity contribution in [2.24, 2.45) is 5.92 Å². The van der Waals surface area contributed by atoms with Crippen LogP contribution in [0.5, 0.6) is 5.75 Å². The molecule has 4 nitrogen and oxygen atoms in total. The van der Waals surface area contributed by atoms with Gasteiger partial charge in [-0.1, -0.05) is 12.1 Å². The molecule has 1 N–H and O–H groups in total. The molecule has 0 saturated carbocycles. The van der Waals surface area contributed by atoms with Gasteiger partial charge in [-0.3, -0.25) is 9.59 Å². The molecule has 1 atom stereocenters. The lowest BCUT2D eigenvalue weighted by Crippen LogP contribution is -2.23. The van der Waals surface area contributed by atoms with E-state index < -0.39 is 11.9 Å². The van der Waals surface area contributed by atoms with Crippen LogP contribution in [0.2, 0.25) is 0 Å². The Labute approximate surface area is 93.9 Å². The molecule has 1 aromatic carbocycles. The molecular formula is C12H14O4. The van der Waals surface area contributed by atoms with Crippen molar-refractivity contribution in [3.05, 3.63) is 29.8 Å². The van der Waals surface area contributed by atoms with E-state index in [2.05, 4.69) is 4.74 Å². The molecule has 0 aliphatic carbocycles. The number of methoxy groups -OCH3 is 1. The van der Waals surface area contributed by atoms with Crippen molar-refractivity contribution in [2.75, 3.05) is 7.11 Å². The van der Waals surface area contributed by atoms with Gasteiger partial charge in [0.25, 0.3) is 0 Å². The van der Waals surface area contributed by atoms with Gasteiger partial charge in [0.1, 0.15) is 11.7 Å². The molecule has 1 rings (SSSR count). The average molecular weight is 222 g/mol. The number of esters is 1. The highest BCUT2D eigenvalue weighted by Crippen LogP contribution is 2.12. The Morgan fingerprint density at radius 2 is 1.88 bits per heavy atom. The third-order valence-corrected chi connectivity index (χ3v) is 2.35. The lowest BCUT2D eigenvalue weighted by Gasteiger charge is -2.07. The van der Waals surface area contributed by atoms with E-state index in [1.165, 1.54) is 26.2 Å². The van der Waals surface area contributed by atoms with Crippen LogP contribution in [0.15, 0.2) is 24.3 Å². The molecule has 0 amide bonds. The van der Waals surface area contributed by atoms with Crippen LogP contribution in [-0.4, -0.2) is 24.0 Å². The Hall–Kier alpha value is -1.84. The van der Waals surface area contributed by atoms with Crippen molar-refractivity contribution in [1.29, 1.82) is 0 Å². The van der Waals surface area contributed by atoms with Gasteiger partial charge in [0.2, 0.25) is 0 Å². The molecule has 0 fully saturated rings. The summed E-state index contributed by atoms with van der Waals surface area (Å²) in [5.74, 6) is -1.32. The van der Waals surface area contributed by atoms with Gasteiger partial charge in [-0.25, -0.2) is 0 Å². The molecule has 0 radical (unpaired) electrons. The number of rotatable bonds is 4. The first-order chi connectivity index (χ1) is 7.54. The second-order valence-corrected chi connectivity index (χ2v) is 3.55. The number of phenolic OH excluding ortho intramolecular Hbond substituents is 1. The third-order valence-electron chi connectivity index (χ3n) is 2.35. The Balaban J connectivity index is 2.64. The van der Waals surface area contributed by atoms with Gasteiger partial charge in [-0.05, 0) is 24.6 Å². The van der Waals surface area contributed by atoms with Gasteiger partial charge in [-0.15, -0.1) is 0 Å². The zero-order valence-corrected chi connectivity index (χ0v) is 9.27. The van der Waals surface area contributed by atoms with E-state index >= 15 is 0 Å². The summed E-state index contributed by atoms with van der Waals surface area (Å²) in [6.07, 6.45) is 0.163. The maximum absolute atomic E-state index is 11.6. The Bertz CT molecular complexity index is 381. The summed E-state index contributed by atoms with van der Waals surface area (Å²) < 4.78 is 4.49. The minimum atomic E-state index is -0.751. The van der Waals surface area contributed by atoms with Crippen LogP contribution in [0, 0.1) is 5.92 Å². The summed E-state index contributed by atoms with van der Waals surface area (Å²) in [5.41, 5.74) is 0.763. The minimum absolute atomic E-state index is 0.150. The highest BCUT2D eigenvalue weighted by molar-refractivity contribution is 5.99. The van der Waals surface area contributed by atoms with Crippen molar-refractivity contribution in [2.45, 2.75) is 13.3 Å². The van der Waals surface area contributed by atoms with Crippen molar-refractivity contribution >= 4 is 11.8 Å². The fourth-order valence-corrected chi connectivity index (χ4v) is 1.28. The monoisotopic (exact) mass is 222 g/mol. The minimum Gasteiger partial charge on any atom is -0.508 e. The first-order valence-corrected chi connectivity index (χ1v) is 4.93. The molecule has 0 aromatic heterocycles. The van der Waals surface area contributed by atoms with Crippen molar-refractivity contribution in [1.82, 2.24) is 0 Å². The summed E-state index contributed by atoms with van der Waals surface area (Å²) in [7, 11) is 1.26. The van der Waals surface area contributed by atoms with Crippen LogP contribution in [0.1, 0.15) is 12.5 Å². The van der Waals surface area contributed by atoms with E-state index in [1.54, 1.807) is 12.1 Å². The predicted molar refractivity (Wildman–Crippen MR) is 58.0 cm³/mol. The van der Waals surface area contributed by atoms with Gasteiger partial charge in [0, 0.05) is 6.42 Å². The Kier molecular flexibility index (Phi) is 4.05. The van der Waals surface area contributed by atoms with Crippen LogP contribution in [0.3, 0.4) is 0 Å². The molecule has 16 heavy (non-hydrogen) atoms. The van der Waals surface area contributed by atoms with E-state index in [0.29, 0.717) is 0 Å². The fourth-order valence-electron chi connectivity index (χ4n) is 1.28. The van der Waals surface area contributed by atoms with Gasteiger partial charge in [0.15, 0.2) is 5.78 Å². The molecule has 0 saturated heterocycles. The van der Waals surface area contributed by atoms with E-state index in [4.69, 9.17) is 5.11 Å². The van der Waals surface area contributed by atoms with E-state index in [0.717, 1.165) is 5.56 Å². The van der Waals surface area contributed by atoms with Crippen LogP contribution in [0.4, 0.5) is 0 Å².